The summed E-state index contributed by atoms with van der Waals surface area (Å²) < 4.78 is 0. The van der Waals surface area contributed by atoms with E-state index >= 15 is 0 Å². The molecule has 4 rings (SSSR count). The van der Waals surface area contributed by atoms with Crippen LogP contribution < -0.4 is 0 Å². The first-order valence-corrected chi connectivity index (χ1v) is 9.07. The van der Waals surface area contributed by atoms with E-state index in [1.165, 1.54) is 18.2 Å². The van der Waals surface area contributed by atoms with Crippen LogP contribution >= 0.6 is 23.2 Å². The maximum atomic E-state index is 10.3. The second-order valence-corrected chi connectivity index (χ2v) is 6.78. The van der Waals surface area contributed by atoms with Gasteiger partial charge in [0.1, 0.15) is 11.5 Å². The van der Waals surface area contributed by atoms with Gasteiger partial charge < -0.3 is 10.2 Å². The molecule has 0 aliphatic rings. The summed E-state index contributed by atoms with van der Waals surface area (Å²) in [6.07, 6.45) is 0. The third-order valence-corrected chi connectivity index (χ3v) is 4.75. The average Bonchev–Trinajstić information content (AvgIpc) is 2.68. The Morgan fingerprint density at radius 3 is 1.50 bits per heavy atom. The van der Waals surface area contributed by atoms with Crippen molar-refractivity contribution in [3.05, 3.63) is 76.8 Å². The van der Waals surface area contributed by atoms with Crippen molar-refractivity contribution in [2.75, 3.05) is 0 Å². The van der Waals surface area contributed by atoms with Gasteiger partial charge in [-0.05, 0) is 36.4 Å². The zero-order chi connectivity index (χ0) is 19.7. The smallest absolute Gasteiger partial charge is 0.167 e. The van der Waals surface area contributed by atoms with Gasteiger partial charge in [0.15, 0.2) is 17.5 Å². The summed E-state index contributed by atoms with van der Waals surface area (Å²) in [7, 11) is 0. The minimum absolute atomic E-state index is 0.0621. The van der Waals surface area contributed by atoms with Crippen molar-refractivity contribution in [3.63, 3.8) is 0 Å². The average molecular weight is 410 g/mol. The number of hydrogen-bond donors (Lipinski definition) is 2. The Balaban J connectivity index is 1.99. The second-order valence-electron chi connectivity index (χ2n) is 5.97. The predicted octanol–water partition coefficient (Wildman–Crippen LogP) is 5.59. The fourth-order valence-corrected chi connectivity index (χ4v) is 3.17. The monoisotopic (exact) mass is 409 g/mol. The number of phenols is 2. The van der Waals surface area contributed by atoms with Crippen LogP contribution in [0.15, 0.2) is 66.7 Å². The van der Waals surface area contributed by atoms with Crippen molar-refractivity contribution in [2.45, 2.75) is 0 Å². The number of phenolic OH excluding ortho intramolecular Hbond substituents is 2. The summed E-state index contributed by atoms with van der Waals surface area (Å²) >= 11 is 12.7. The molecule has 28 heavy (non-hydrogen) atoms. The highest BCUT2D eigenvalue weighted by atomic mass is 35.5. The summed E-state index contributed by atoms with van der Waals surface area (Å²) in [5.74, 6) is 0.711. The fourth-order valence-electron chi connectivity index (χ4n) is 2.73. The quantitative estimate of drug-likeness (QED) is 0.460. The Morgan fingerprint density at radius 2 is 1.04 bits per heavy atom. The van der Waals surface area contributed by atoms with Gasteiger partial charge >= 0.3 is 0 Å². The van der Waals surface area contributed by atoms with E-state index < -0.39 is 0 Å². The molecular formula is C21H13Cl2N3O2. The normalized spacial score (nSPS) is 10.8. The number of benzene rings is 3. The van der Waals surface area contributed by atoms with Gasteiger partial charge in [0, 0.05) is 17.2 Å². The van der Waals surface area contributed by atoms with Crippen molar-refractivity contribution in [1.29, 1.82) is 0 Å². The van der Waals surface area contributed by atoms with E-state index in [0.717, 1.165) is 0 Å². The maximum absolute atomic E-state index is 10.3. The van der Waals surface area contributed by atoms with Crippen LogP contribution in [0.5, 0.6) is 11.5 Å². The molecule has 0 radical (unpaired) electrons. The molecule has 0 spiro atoms. The second kappa shape index (κ2) is 7.46. The molecule has 0 aliphatic carbocycles. The minimum atomic E-state index is -0.151. The van der Waals surface area contributed by atoms with E-state index in [2.05, 4.69) is 15.0 Å². The third kappa shape index (κ3) is 3.50. The molecule has 5 nitrogen and oxygen atoms in total. The van der Waals surface area contributed by atoms with E-state index in [4.69, 9.17) is 23.2 Å². The van der Waals surface area contributed by atoms with Crippen molar-refractivity contribution >= 4 is 23.2 Å². The van der Waals surface area contributed by atoms with Gasteiger partial charge in [-0.1, -0.05) is 47.5 Å². The molecule has 0 fully saturated rings. The third-order valence-electron chi connectivity index (χ3n) is 4.09. The first-order chi connectivity index (χ1) is 13.5. The number of hydrogen-bond acceptors (Lipinski definition) is 5. The van der Waals surface area contributed by atoms with Crippen LogP contribution in [0, 0.1) is 0 Å². The van der Waals surface area contributed by atoms with E-state index in [9.17, 15) is 10.2 Å². The molecule has 2 N–H and O–H groups in total. The van der Waals surface area contributed by atoms with E-state index in [0.29, 0.717) is 38.4 Å². The summed E-state index contributed by atoms with van der Waals surface area (Å²) in [5, 5.41) is 20.8. The molecule has 7 heteroatoms. The molecule has 1 aromatic heterocycles. The number of halogens is 2. The van der Waals surface area contributed by atoms with Crippen molar-refractivity contribution in [1.82, 2.24) is 15.0 Å². The highest BCUT2D eigenvalue weighted by Crippen LogP contribution is 2.34. The van der Waals surface area contributed by atoms with Gasteiger partial charge in [0.25, 0.3) is 0 Å². The molecule has 3 aromatic carbocycles. The highest BCUT2D eigenvalue weighted by Gasteiger charge is 2.17. The Morgan fingerprint density at radius 1 is 0.571 bits per heavy atom. The number of rotatable bonds is 3. The lowest BCUT2D eigenvalue weighted by atomic mass is 10.1. The summed E-state index contributed by atoms with van der Waals surface area (Å²) in [6, 6.07) is 18.6. The summed E-state index contributed by atoms with van der Waals surface area (Å²) in [5.41, 5.74) is 1.60. The molecule has 0 saturated heterocycles. The molecule has 0 unspecified atom stereocenters. The lowest BCUT2D eigenvalue weighted by Crippen LogP contribution is -2.01. The standard InChI is InChI=1S/C21H13Cl2N3O2/c22-16-7-3-1-5-13(16)19-24-20(14-6-2-4-8-17(14)23)26-21(25-19)15-10-9-12(27)11-18(15)28/h1-11,27-28H. The van der Waals surface area contributed by atoms with Crippen LogP contribution in [-0.4, -0.2) is 25.2 Å². The van der Waals surface area contributed by atoms with Gasteiger partial charge in [-0.15, -0.1) is 0 Å². The van der Waals surface area contributed by atoms with Gasteiger partial charge in [-0.25, -0.2) is 15.0 Å². The molecule has 0 bridgehead atoms. The van der Waals surface area contributed by atoms with Crippen LogP contribution in [0.4, 0.5) is 0 Å². The fraction of sp³-hybridized carbons (Fsp3) is 0. The lowest BCUT2D eigenvalue weighted by molar-refractivity contribution is 0.451. The number of nitrogens with zero attached hydrogens (tertiary/aromatic N) is 3. The molecule has 138 valence electrons. The molecule has 0 amide bonds. The SMILES string of the molecule is Oc1ccc(-c2nc(-c3ccccc3Cl)nc(-c3ccccc3Cl)n2)c(O)c1. The van der Waals surface area contributed by atoms with E-state index in [1.54, 1.807) is 24.3 Å². The predicted molar refractivity (Wildman–Crippen MR) is 109 cm³/mol. The molecule has 4 aromatic rings. The first kappa shape index (κ1) is 18.2. The maximum Gasteiger partial charge on any atom is 0.167 e. The summed E-state index contributed by atoms with van der Waals surface area (Å²) in [4.78, 5) is 13.5. The van der Waals surface area contributed by atoms with Gasteiger partial charge in [0.2, 0.25) is 0 Å². The largest absolute Gasteiger partial charge is 0.508 e. The number of aromatic nitrogens is 3. The topological polar surface area (TPSA) is 79.1 Å². The number of aromatic hydroxyl groups is 2. The van der Waals surface area contributed by atoms with E-state index in [-0.39, 0.29) is 17.3 Å². The Kier molecular flexibility index (Phi) is 4.86. The van der Waals surface area contributed by atoms with Crippen LogP contribution in [-0.2, 0) is 0 Å². The molecular weight excluding hydrogens is 397 g/mol. The zero-order valence-corrected chi connectivity index (χ0v) is 15.9. The van der Waals surface area contributed by atoms with Crippen molar-refractivity contribution in [3.8, 4) is 45.7 Å². The van der Waals surface area contributed by atoms with Crippen LogP contribution in [0.3, 0.4) is 0 Å². The van der Waals surface area contributed by atoms with Gasteiger partial charge in [-0.3, -0.25) is 0 Å². The van der Waals surface area contributed by atoms with Crippen molar-refractivity contribution < 1.29 is 10.2 Å². The lowest BCUT2D eigenvalue weighted by Gasteiger charge is -2.11. The molecule has 0 aliphatic heterocycles. The zero-order valence-electron chi connectivity index (χ0n) is 14.3. The minimum Gasteiger partial charge on any atom is -0.508 e. The van der Waals surface area contributed by atoms with Gasteiger partial charge in [-0.2, -0.15) is 0 Å². The van der Waals surface area contributed by atoms with Gasteiger partial charge in [0.05, 0.1) is 15.6 Å². The van der Waals surface area contributed by atoms with Crippen LogP contribution in [0.1, 0.15) is 0 Å². The Labute approximate surface area is 170 Å². The summed E-state index contributed by atoms with van der Waals surface area (Å²) in [6.45, 7) is 0. The van der Waals surface area contributed by atoms with E-state index in [1.807, 2.05) is 24.3 Å². The Bertz CT molecular complexity index is 1120. The van der Waals surface area contributed by atoms with Crippen molar-refractivity contribution in [2.24, 2.45) is 0 Å². The first-order valence-electron chi connectivity index (χ1n) is 8.31. The molecule has 0 atom stereocenters. The Hall–Kier alpha value is -3.15. The highest BCUT2D eigenvalue weighted by molar-refractivity contribution is 6.33. The van der Waals surface area contributed by atoms with Crippen LogP contribution in [0.2, 0.25) is 10.0 Å². The molecule has 0 saturated carbocycles. The molecule has 1 heterocycles. The van der Waals surface area contributed by atoms with Crippen LogP contribution in [0.25, 0.3) is 34.2 Å².